The molecule has 0 aliphatic carbocycles. The second kappa shape index (κ2) is 8.74. The molecule has 178 valence electrons. The average molecular weight is 486 g/mol. The number of ether oxygens (including phenoxy) is 1. The fourth-order valence-electron chi connectivity index (χ4n) is 3.98. The molecular formula is C27H17F3N4O2. The zero-order valence-electron chi connectivity index (χ0n) is 18.8. The maximum absolute atomic E-state index is 13.3. The Morgan fingerprint density at radius 3 is 2.11 bits per heavy atom. The molecule has 6 nitrogen and oxygen atoms in total. The van der Waals surface area contributed by atoms with Crippen molar-refractivity contribution in [3.8, 4) is 45.6 Å². The summed E-state index contributed by atoms with van der Waals surface area (Å²) in [5.74, 6) is 0.869. The Balaban J connectivity index is 1.71. The highest BCUT2D eigenvalue weighted by Crippen LogP contribution is 2.34. The van der Waals surface area contributed by atoms with Gasteiger partial charge < -0.3 is 9.72 Å². The minimum absolute atomic E-state index is 0.225. The molecular weight excluding hydrogens is 469 g/mol. The molecule has 1 N–H and O–H groups in total. The number of fused-ring (bicyclic) bond motifs is 1. The van der Waals surface area contributed by atoms with E-state index >= 15 is 0 Å². The number of aromatic amines is 1. The zero-order valence-corrected chi connectivity index (χ0v) is 18.8. The van der Waals surface area contributed by atoms with Crippen LogP contribution in [0.3, 0.4) is 0 Å². The number of methoxy groups -OCH3 is 1. The number of imidazole rings is 1. The van der Waals surface area contributed by atoms with E-state index in [1.807, 2.05) is 0 Å². The van der Waals surface area contributed by atoms with Gasteiger partial charge in [0.25, 0.3) is 5.56 Å². The van der Waals surface area contributed by atoms with Crippen molar-refractivity contribution in [1.82, 2.24) is 14.4 Å². The highest BCUT2D eigenvalue weighted by molar-refractivity contribution is 5.82. The van der Waals surface area contributed by atoms with Gasteiger partial charge in [-0.25, -0.2) is 9.38 Å². The largest absolute Gasteiger partial charge is 0.497 e. The highest BCUT2D eigenvalue weighted by atomic mass is 19.4. The van der Waals surface area contributed by atoms with Crippen LogP contribution in [0.4, 0.5) is 13.2 Å². The first-order chi connectivity index (χ1) is 17.3. The lowest BCUT2D eigenvalue weighted by Crippen LogP contribution is -2.14. The Labute approximate surface area is 202 Å². The third kappa shape index (κ3) is 4.09. The summed E-state index contributed by atoms with van der Waals surface area (Å²) >= 11 is 0. The minimum Gasteiger partial charge on any atom is -0.497 e. The number of H-pyrrole nitrogens is 1. The van der Waals surface area contributed by atoms with Crippen LogP contribution in [0.25, 0.3) is 39.5 Å². The van der Waals surface area contributed by atoms with Crippen molar-refractivity contribution in [1.29, 1.82) is 5.26 Å². The highest BCUT2D eigenvalue weighted by Gasteiger charge is 2.30. The number of nitriles is 1. The summed E-state index contributed by atoms with van der Waals surface area (Å²) in [6.07, 6.45) is -4.46. The van der Waals surface area contributed by atoms with Gasteiger partial charge in [0.15, 0.2) is 0 Å². The Kier molecular flexibility index (Phi) is 5.57. The molecule has 0 aliphatic rings. The average Bonchev–Trinajstić information content (AvgIpc) is 3.28. The van der Waals surface area contributed by atoms with Crippen LogP contribution in [-0.4, -0.2) is 21.5 Å². The molecule has 3 aromatic carbocycles. The molecule has 5 rings (SSSR count). The molecule has 0 atom stereocenters. The molecule has 0 fully saturated rings. The van der Waals surface area contributed by atoms with Crippen LogP contribution in [0.5, 0.6) is 5.75 Å². The number of nitrogens with one attached hydrogen (secondary N) is 1. The third-order valence-corrected chi connectivity index (χ3v) is 5.79. The zero-order chi connectivity index (χ0) is 25.4. The van der Waals surface area contributed by atoms with Crippen LogP contribution in [0, 0.1) is 11.3 Å². The predicted octanol–water partition coefficient (Wildman–Crippen LogP) is 5.92. The number of nitrogens with zero attached hydrogens (tertiary/aromatic N) is 3. The molecule has 0 saturated heterocycles. The van der Waals surface area contributed by atoms with Gasteiger partial charge in [-0.15, -0.1) is 0 Å². The number of hydrogen-bond acceptors (Lipinski definition) is 4. The summed E-state index contributed by atoms with van der Waals surface area (Å²) in [5, 5.41) is 9.14. The van der Waals surface area contributed by atoms with Crippen molar-refractivity contribution in [2.24, 2.45) is 0 Å². The van der Waals surface area contributed by atoms with Crippen LogP contribution in [0.1, 0.15) is 11.1 Å². The Bertz CT molecular complexity index is 1660. The van der Waals surface area contributed by atoms with Gasteiger partial charge in [-0.3, -0.25) is 4.79 Å². The standard InChI is InChI=1S/C27H17F3N4O2/c1-36-21-12-8-19(9-13-21)25-24(18-4-2-16(15-31)3-5-18)33-26-32-22(14-23(35)34(25)26)17-6-10-20(11-7-17)27(28,29)30/h2-14H,1H3,(H,32,33). The summed E-state index contributed by atoms with van der Waals surface area (Å²) in [6, 6.07) is 21.9. The van der Waals surface area contributed by atoms with Gasteiger partial charge in [-0.05, 0) is 54.1 Å². The van der Waals surface area contributed by atoms with Gasteiger partial charge in [0, 0.05) is 17.2 Å². The van der Waals surface area contributed by atoms with Gasteiger partial charge >= 0.3 is 6.18 Å². The lowest BCUT2D eigenvalue weighted by Gasteiger charge is -2.09. The maximum Gasteiger partial charge on any atom is 0.416 e. The van der Waals surface area contributed by atoms with Gasteiger partial charge in [-0.1, -0.05) is 24.3 Å². The molecule has 0 aliphatic heterocycles. The topological polar surface area (TPSA) is 83.2 Å². The predicted molar refractivity (Wildman–Crippen MR) is 128 cm³/mol. The van der Waals surface area contributed by atoms with Crippen molar-refractivity contribution in [3.63, 3.8) is 0 Å². The normalized spacial score (nSPS) is 11.4. The summed E-state index contributed by atoms with van der Waals surface area (Å²) in [5.41, 5.74) is 2.46. The second-order valence-corrected chi connectivity index (χ2v) is 7.98. The van der Waals surface area contributed by atoms with Crippen LogP contribution < -0.4 is 10.3 Å². The van der Waals surface area contributed by atoms with Crippen LogP contribution in [0.15, 0.2) is 83.7 Å². The van der Waals surface area contributed by atoms with E-state index in [2.05, 4.69) is 16.0 Å². The smallest absolute Gasteiger partial charge is 0.416 e. The monoisotopic (exact) mass is 486 g/mol. The molecule has 9 heteroatoms. The molecule has 0 amide bonds. The molecule has 36 heavy (non-hydrogen) atoms. The number of aromatic nitrogens is 3. The van der Waals surface area contributed by atoms with Gasteiger partial charge in [-0.2, -0.15) is 18.4 Å². The van der Waals surface area contributed by atoms with Crippen LogP contribution in [-0.2, 0) is 6.18 Å². The minimum atomic E-state index is -4.46. The van der Waals surface area contributed by atoms with E-state index in [0.29, 0.717) is 45.1 Å². The van der Waals surface area contributed by atoms with E-state index in [1.165, 1.54) is 22.6 Å². The van der Waals surface area contributed by atoms with Gasteiger partial charge in [0.1, 0.15) is 5.75 Å². The Morgan fingerprint density at radius 2 is 1.53 bits per heavy atom. The Hall–Kier alpha value is -4.84. The quantitative estimate of drug-likeness (QED) is 0.342. The molecule has 2 heterocycles. The van der Waals surface area contributed by atoms with Crippen molar-refractivity contribution in [2.75, 3.05) is 7.11 Å². The summed E-state index contributed by atoms with van der Waals surface area (Å²) in [4.78, 5) is 21.1. The van der Waals surface area contributed by atoms with Crippen LogP contribution >= 0.6 is 0 Å². The van der Waals surface area contributed by atoms with Gasteiger partial charge in [0.05, 0.1) is 41.4 Å². The molecule has 0 radical (unpaired) electrons. The van der Waals surface area contributed by atoms with Crippen molar-refractivity contribution in [3.05, 3.63) is 100 Å². The first-order valence-corrected chi connectivity index (χ1v) is 10.8. The lowest BCUT2D eigenvalue weighted by molar-refractivity contribution is -0.137. The van der Waals surface area contributed by atoms with Crippen molar-refractivity contribution >= 4 is 5.78 Å². The molecule has 0 unspecified atom stereocenters. The maximum atomic E-state index is 13.3. The number of benzene rings is 3. The van der Waals surface area contributed by atoms with Gasteiger partial charge in [0.2, 0.25) is 5.78 Å². The number of hydrogen-bond donors (Lipinski definition) is 1. The fraction of sp³-hybridized carbons (Fsp3) is 0.0741. The van der Waals surface area contributed by atoms with E-state index in [0.717, 1.165) is 12.1 Å². The summed E-state index contributed by atoms with van der Waals surface area (Å²) in [6.45, 7) is 0. The third-order valence-electron chi connectivity index (χ3n) is 5.79. The summed E-state index contributed by atoms with van der Waals surface area (Å²) in [7, 11) is 1.55. The van der Waals surface area contributed by atoms with Crippen molar-refractivity contribution in [2.45, 2.75) is 6.18 Å². The van der Waals surface area contributed by atoms with Crippen LogP contribution in [0.2, 0.25) is 0 Å². The summed E-state index contributed by atoms with van der Waals surface area (Å²) < 4.78 is 45.5. The SMILES string of the molecule is COc1ccc(-c2c(-c3ccc(C#N)cc3)nc3[nH]c(-c4ccc(C(F)(F)F)cc4)cc(=O)n23)cc1. The van der Waals surface area contributed by atoms with E-state index in [1.54, 1.807) is 55.6 Å². The van der Waals surface area contributed by atoms with E-state index in [9.17, 15) is 18.0 Å². The van der Waals surface area contributed by atoms with E-state index in [4.69, 9.17) is 10.00 Å². The second-order valence-electron chi connectivity index (χ2n) is 7.98. The van der Waals surface area contributed by atoms with E-state index in [-0.39, 0.29) is 5.78 Å². The fourth-order valence-corrected chi connectivity index (χ4v) is 3.98. The Morgan fingerprint density at radius 1 is 0.917 bits per heavy atom. The number of rotatable bonds is 4. The molecule has 5 aromatic rings. The molecule has 0 spiro atoms. The van der Waals surface area contributed by atoms with E-state index < -0.39 is 17.3 Å². The molecule has 0 saturated carbocycles. The molecule has 0 bridgehead atoms. The first-order valence-electron chi connectivity index (χ1n) is 10.8. The first kappa shape index (κ1) is 22.9. The number of halogens is 3. The van der Waals surface area contributed by atoms with Crippen molar-refractivity contribution < 1.29 is 17.9 Å². The lowest BCUT2D eigenvalue weighted by atomic mass is 10.0. The number of alkyl halides is 3. The molecule has 2 aromatic heterocycles.